The molecule has 0 unspecified atom stereocenters. The summed E-state index contributed by atoms with van der Waals surface area (Å²) < 4.78 is 25.9. The minimum atomic E-state index is -3.41. The predicted octanol–water partition coefficient (Wildman–Crippen LogP) is 2.86. The summed E-state index contributed by atoms with van der Waals surface area (Å²) in [5.41, 5.74) is 0.638. The average Bonchev–Trinajstić information content (AvgIpc) is 3.12. The van der Waals surface area contributed by atoms with E-state index in [1.165, 1.54) is 10.4 Å². The normalized spacial score (nSPS) is 16.5. The van der Waals surface area contributed by atoms with Crippen LogP contribution in [-0.4, -0.2) is 25.8 Å². The van der Waals surface area contributed by atoms with Crippen molar-refractivity contribution in [3.8, 4) is 0 Å². The van der Waals surface area contributed by atoms with Gasteiger partial charge in [-0.2, -0.15) is 4.31 Å². The van der Waals surface area contributed by atoms with Gasteiger partial charge in [-0.1, -0.05) is 11.6 Å². The van der Waals surface area contributed by atoms with Crippen molar-refractivity contribution >= 4 is 33.2 Å². The summed E-state index contributed by atoms with van der Waals surface area (Å²) in [6.45, 7) is 0. The molecule has 3 nitrogen and oxygen atoms in total. The van der Waals surface area contributed by atoms with Crippen molar-refractivity contribution in [1.82, 2.24) is 4.31 Å². The van der Waals surface area contributed by atoms with Crippen LogP contribution < -0.4 is 0 Å². The van der Waals surface area contributed by atoms with Crippen molar-refractivity contribution in [2.75, 3.05) is 7.05 Å². The summed E-state index contributed by atoms with van der Waals surface area (Å²) in [5.74, 6) is 0.204. The van der Waals surface area contributed by atoms with E-state index < -0.39 is 10.0 Å². The van der Waals surface area contributed by atoms with Gasteiger partial charge in [0.2, 0.25) is 10.0 Å². The number of nitrogens with zero attached hydrogens (tertiary/aromatic N) is 1. The van der Waals surface area contributed by atoms with Crippen LogP contribution in [0.15, 0.2) is 23.1 Å². The summed E-state index contributed by atoms with van der Waals surface area (Å²) in [7, 11) is -1.80. The summed E-state index contributed by atoms with van der Waals surface area (Å²) in [6, 6.07) is 4.79. The Morgan fingerprint density at radius 1 is 1.41 bits per heavy atom. The smallest absolute Gasteiger partial charge is 0.207 e. The monoisotopic (exact) mass is 293 g/mol. The first-order chi connectivity index (χ1) is 7.96. The highest BCUT2D eigenvalue weighted by Crippen LogP contribution is 2.31. The molecule has 0 spiro atoms. The van der Waals surface area contributed by atoms with Crippen LogP contribution in [0.4, 0.5) is 0 Å². The van der Waals surface area contributed by atoms with Crippen molar-refractivity contribution < 1.29 is 8.42 Å². The zero-order valence-electron chi connectivity index (χ0n) is 9.36. The van der Waals surface area contributed by atoms with Crippen molar-refractivity contribution in [3.05, 3.63) is 28.8 Å². The molecule has 0 radical (unpaired) electrons. The minimum Gasteiger partial charge on any atom is -0.207 e. The fraction of sp³-hybridized carbons (Fsp3) is 0.455. The Labute approximate surface area is 111 Å². The molecule has 6 heteroatoms. The van der Waals surface area contributed by atoms with Crippen LogP contribution >= 0.6 is 23.2 Å². The fourth-order valence-electron chi connectivity index (χ4n) is 1.61. The first-order valence-corrected chi connectivity index (χ1v) is 7.64. The molecule has 0 bridgehead atoms. The Morgan fingerprint density at radius 3 is 2.59 bits per heavy atom. The highest BCUT2D eigenvalue weighted by Gasteiger charge is 2.35. The second-order valence-electron chi connectivity index (χ2n) is 4.14. The maximum atomic E-state index is 12.2. The van der Waals surface area contributed by atoms with Crippen LogP contribution in [0.2, 0.25) is 5.02 Å². The third-order valence-electron chi connectivity index (χ3n) is 2.90. The third-order valence-corrected chi connectivity index (χ3v) is 5.46. The van der Waals surface area contributed by atoms with Gasteiger partial charge in [-0.25, -0.2) is 8.42 Å². The van der Waals surface area contributed by atoms with Gasteiger partial charge in [-0.05, 0) is 36.6 Å². The molecule has 94 valence electrons. The number of sulfonamides is 1. The van der Waals surface area contributed by atoms with Crippen molar-refractivity contribution in [1.29, 1.82) is 0 Å². The molecule has 2 rings (SSSR count). The Balaban J connectivity index is 2.38. The summed E-state index contributed by atoms with van der Waals surface area (Å²) in [6.07, 6.45) is 1.87. The van der Waals surface area contributed by atoms with Gasteiger partial charge in [0, 0.05) is 24.0 Å². The summed E-state index contributed by atoms with van der Waals surface area (Å²) >= 11 is 11.6. The second-order valence-corrected chi connectivity index (χ2v) is 6.81. The lowest BCUT2D eigenvalue weighted by Gasteiger charge is -2.17. The quantitative estimate of drug-likeness (QED) is 0.801. The molecule has 1 aromatic carbocycles. The number of rotatable bonds is 4. The van der Waals surface area contributed by atoms with Crippen LogP contribution in [0.3, 0.4) is 0 Å². The third kappa shape index (κ3) is 2.60. The number of halogens is 2. The van der Waals surface area contributed by atoms with E-state index in [4.69, 9.17) is 23.2 Å². The molecule has 1 aliphatic rings. The average molecular weight is 294 g/mol. The van der Waals surface area contributed by atoms with E-state index in [0.717, 1.165) is 12.8 Å². The Bertz CT molecular complexity index is 526. The van der Waals surface area contributed by atoms with Gasteiger partial charge in [-0.3, -0.25) is 0 Å². The van der Waals surface area contributed by atoms with Gasteiger partial charge in [0.25, 0.3) is 0 Å². The predicted molar refractivity (Wildman–Crippen MR) is 69.0 cm³/mol. The van der Waals surface area contributed by atoms with E-state index in [1.54, 1.807) is 19.2 Å². The molecule has 0 saturated heterocycles. The maximum absolute atomic E-state index is 12.2. The zero-order chi connectivity index (χ0) is 12.6. The Morgan fingerprint density at radius 2 is 2.06 bits per heavy atom. The van der Waals surface area contributed by atoms with Gasteiger partial charge in [0.05, 0.1) is 4.90 Å². The fourth-order valence-corrected chi connectivity index (χ4v) is 3.56. The van der Waals surface area contributed by atoms with Crippen molar-refractivity contribution in [3.63, 3.8) is 0 Å². The van der Waals surface area contributed by atoms with Gasteiger partial charge >= 0.3 is 0 Å². The SMILES string of the molecule is CN(C1CC1)S(=O)(=O)c1ccc(Cl)c(CCl)c1. The molecule has 0 amide bonds. The molecule has 0 aromatic heterocycles. The van der Waals surface area contributed by atoms with Crippen LogP contribution in [-0.2, 0) is 15.9 Å². The number of benzene rings is 1. The van der Waals surface area contributed by atoms with E-state index in [1.807, 2.05) is 0 Å². The lowest BCUT2D eigenvalue weighted by atomic mass is 10.2. The summed E-state index contributed by atoms with van der Waals surface area (Å²) in [5, 5.41) is 0.494. The first-order valence-electron chi connectivity index (χ1n) is 5.29. The molecular weight excluding hydrogens is 281 g/mol. The lowest BCUT2D eigenvalue weighted by Crippen LogP contribution is -2.29. The lowest BCUT2D eigenvalue weighted by molar-refractivity contribution is 0.464. The molecule has 1 aromatic rings. The second kappa shape index (κ2) is 4.76. The topological polar surface area (TPSA) is 37.4 Å². The van der Waals surface area contributed by atoms with Crippen molar-refractivity contribution in [2.45, 2.75) is 29.7 Å². The van der Waals surface area contributed by atoms with Gasteiger partial charge in [-0.15, -0.1) is 11.6 Å². The molecule has 1 fully saturated rings. The van der Waals surface area contributed by atoms with E-state index in [-0.39, 0.29) is 16.8 Å². The molecule has 1 aliphatic carbocycles. The van der Waals surface area contributed by atoms with Gasteiger partial charge in [0.1, 0.15) is 0 Å². The number of alkyl halides is 1. The zero-order valence-corrected chi connectivity index (χ0v) is 11.7. The standard InChI is InChI=1S/C11H13Cl2NO2S/c1-14(9-2-3-9)17(15,16)10-4-5-11(13)8(6-10)7-12/h4-6,9H,2-3,7H2,1H3. The molecular formula is C11H13Cl2NO2S. The summed E-state index contributed by atoms with van der Waals surface area (Å²) in [4.78, 5) is 0.256. The Kier molecular flexibility index (Phi) is 3.69. The molecule has 0 N–H and O–H groups in total. The Hall–Kier alpha value is -0.290. The number of hydrogen-bond donors (Lipinski definition) is 0. The highest BCUT2D eigenvalue weighted by atomic mass is 35.5. The van der Waals surface area contributed by atoms with Crippen LogP contribution in [0, 0.1) is 0 Å². The van der Waals surface area contributed by atoms with Crippen LogP contribution in [0.25, 0.3) is 0 Å². The van der Waals surface area contributed by atoms with E-state index in [0.29, 0.717) is 10.6 Å². The number of hydrogen-bond acceptors (Lipinski definition) is 2. The highest BCUT2D eigenvalue weighted by molar-refractivity contribution is 7.89. The van der Waals surface area contributed by atoms with Crippen LogP contribution in [0.5, 0.6) is 0 Å². The molecule has 0 atom stereocenters. The van der Waals surface area contributed by atoms with Crippen molar-refractivity contribution in [2.24, 2.45) is 0 Å². The molecule has 17 heavy (non-hydrogen) atoms. The minimum absolute atomic E-state index is 0.148. The van der Waals surface area contributed by atoms with Gasteiger partial charge < -0.3 is 0 Å². The molecule has 0 heterocycles. The molecule has 1 saturated carbocycles. The maximum Gasteiger partial charge on any atom is 0.243 e. The van der Waals surface area contributed by atoms with Gasteiger partial charge in [0.15, 0.2) is 0 Å². The largest absolute Gasteiger partial charge is 0.243 e. The van der Waals surface area contributed by atoms with E-state index >= 15 is 0 Å². The van der Waals surface area contributed by atoms with E-state index in [9.17, 15) is 8.42 Å². The van der Waals surface area contributed by atoms with Crippen LogP contribution in [0.1, 0.15) is 18.4 Å². The van der Waals surface area contributed by atoms with E-state index in [2.05, 4.69) is 0 Å². The first kappa shape index (κ1) is 13.1. The molecule has 0 aliphatic heterocycles.